The van der Waals surface area contributed by atoms with Gasteiger partial charge in [0.05, 0.1) is 17.7 Å². The minimum atomic E-state index is -4.95. The van der Waals surface area contributed by atoms with Crippen LogP contribution in [0.1, 0.15) is 21.5 Å². The molecule has 0 N–H and O–H groups in total. The summed E-state index contributed by atoms with van der Waals surface area (Å²) in [5, 5.41) is 0. The van der Waals surface area contributed by atoms with Crippen LogP contribution in [0.15, 0.2) is 18.2 Å². The zero-order valence-corrected chi connectivity index (χ0v) is 12.8. The summed E-state index contributed by atoms with van der Waals surface area (Å²) < 4.78 is 76.8. The van der Waals surface area contributed by atoms with Gasteiger partial charge in [0, 0.05) is 31.7 Å². The van der Waals surface area contributed by atoms with Crippen LogP contribution in [0.3, 0.4) is 0 Å². The van der Waals surface area contributed by atoms with Crippen molar-refractivity contribution in [1.29, 1.82) is 0 Å². The van der Waals surface area contributed by atoms with Gasteiger partial charge >= 0.3 is 12.4 Å². The highest BCUT2D eigenvalue weighted by Crippen LogP contribution is 2.36. The number of hydrogen-bond donors (Lipinski definition) is 0. The molecule has 1 aromatic rings. The molecule has 0 unspecified atom stereocenters. The lowest BCUT2D eigenvalue weighted by Gasteiger charge is -2.31. The molecule has 1 aromatic carbocycles. The summed E-state index contributed by atoms with van der Waals surface area (Å²) in [6.07, 6.45) is -9.91. The number of carbonyl (C=O) groups excluding carboxylic acids is 1. The highest BCUT2D eigenvalue weighted by Gasteiger charge is 2.37. The van der Waals surface area contributed by atoms with Gasteiger partial charge in [0.2, 0.25) is 0 Å². The number of alkyl halides is 6. The van der Waals surface area contributed by atoms with E-state index >= 15 is 0 Å². The topological polar surface area (TPSA) is 23.6 Å². The average molecular weight is 354 g/mol. The molecule has 0 aliphatic carbocycles. The second kappa shape index (κ2) is 6.72. The van der Waals surface area contributed by atoms with Gasteiger partial charge in [-0.25, -0.2) is 0 Å². The minimum Gasteiger partial charge on any atom is -0.304 e. The molecule has 0 aromatic heterocycles. The van der Waals surface area contributed by atoms with Crippen LogP contribution >= 0.6 is 0 Å². The number of piperazine rings is 1. The zero-order valence-electron chi connectivity index (χ0n) is 12.8. The van der Waals surface area contributed by atoms with Crippen LogP contribution in [-0.4, -0.2) is 55.4 Å². The van der Waals surface area contributed by atoms with E-state index in [-0.39, 0.29) is 12.6 Å². The first-order valence-corrected chi connectivity index (χ1v) is 7.20. The van der Waals surface area contributed by atoms with Gasteiger partial charge in [-0.2, -0.15) is 26.3 Å². The zero-order chi connectivity index (χ0) is 18.1. The molecule has 1 fully saturated rings. The molecule has 1 saturated heterocycles. The fourth-order valence-electron chi connectivity index (χ4n) is 2.42. The van der Waals surface area contributed by atoms with E-state index in [1.165, 1.54) is 0 Å². The normalized spacial score (nSPS) is 18.0. The SMILES string of the molecule is CN1CCN(CC(=O)c2cc(C(F)(F)F)cc(C(F)(F)F)c2)CC1. The summed E-state index contributed by atoms with van der Waals surface area (Å²) >= 11 is 0. The third-order valence-electron chi connectivity index (χ3n) is 3.87. The summed E-state index contributed by atoms with van der Waals surface area (Å²) in [6, 6.07) is 0.980. The van der Waals surface area contributed by atoms with Gasteiger partial charge in [0.1, 0.15) is 0 Å². The predicted octanol–water partition coefficient (Wildman–Crippen LogP) is 3.15. The van der Waals surface area contributed by atoms with E-state index in [4.69, 9.17) is 0 Å². The van der Waals surface area contributed by atoms with E-state index in [9.17, 15) is 31.1 Å². The smallest absolute Gasteiger partial charge is 0.304 e. The molecule has 0 saturated carbocycles. The highest BCUT2D eigenvalue weighted by atomic mass is 19.4. The fourth-order valence-corrected chi connectivity index (χ4v) is 2.42. The van der Waals surface area contributed by atoms with Crippen LogP contribution in [0, 0.1) is 0 Å². The standard InChI is InChI=1S/C15H16F6N2O/c1-22-2-4-23(5-3-22)9-13(24)10-6-11(14(16,17)18)8-12(7-10)15(19,20)21/h6-8H,2-5,9H2,1H3. The number of rotatable bonds is 3. The Hall–Kier alpha value is -1.61. The Morgan fingerprint density at radius 1 is 0.917 bits per heavy atom. The average Bonchev–Trinajstić information content (AvgIpc) is 2.47. The lowest BCUT2D eigenvalue weighted by atomic mass is 10.0. The molecular weight excluding hydrogens is 338 g/mol. The van der Waals surface area contributed by atoms with E-state index in [1.54, 1.807) is 4.90 Å². The Bertz CT molecular complexity index is 571. The first-order chi connectivity index (χ1) is 11.0. The lowest BCUT2D eigenvalue weighted by molar-refractivity contribution is -0.143. The van der Waals surface area contributed by atoms with Gasteiger partial charge in [-0.3, -0.25) is 9.69 Å². The van der Waals surface area contributed by atoms with Crippen LogP contribution in [-0.2, 0) is 12.4 Å². The summed E-state index contributed by atoms with van der Waals surface area (Å²) in [5.41, 5.74) is -3.52. The van der Waals surface area contributed by atoms with Crippen LogP contribution in [0.25, 0.3) is 0 Å². The van der Waals surface area contributed by atoms with Crippen LogP contribution in [0.5, 0.6) is 0 Å². The van der Waals surface area contributed by atoms with Gasteiger partial charge in [-0.1, -0.05) is 0 Å². The molecule has 9 heteroatoms. The third-order valence-corrected chi connectivity index (χ3v) is 3.87. The Morgan fingerprint density at radius 2 is 1.38 bits per heavy atom. The number of carbonyl (C=O) groups is 1. The quantitative estimate of drug-likeness (QED) is 0.615. The van der Waals surface area contributed by atoms with Crippen molar-refractivity contribution >= 4 is 5.78 Å². The van der Waals surface area contributed by atoms with E-state index in [2.05, 4.69) is 0 Å². The number of halogens is 6. The van der Waals surface area contributed by atoms with Crippen LogP contribution < -0.4 is 0 Å². The monoisotopic (exact) mass is 354 g/mol. The van der Waals surface area contributed by atoms with Gasteiger partial charge < -0.3 is 4.90 Å². The largest absolute Gasteiger partial charge is 0.416 e. The van der Waals surface area contributed by atoms with E-state index < -0.39 is 34.8 Å². The van der Waals surface area contributed by atoms with Crippen molar-refractivity contribution in [2.24, 2.45) is 0 Å². The van der Waals surface area contributed by atoms with Crippen molar-refractivity contribution in [2.45, 2.75) is 12.4 Å². The Labute approximate surface area is 134 Å². The predicted molar refractivity (Wildman–Crippen MR) is 74.7 cm³/mol. The molecular formula is C15H16F6N2O. The molecule has 0 atom stereocenters. The van der Waals surface area contributed by atoms with Crippen molar-refractivity contribution in [2.75, 3.05) is 39.8 Å². The molecule has 3 nitrogen and oxygen atoms in total. The summed E-state index contributed by atoms with van der Waals surface area (Å²) in [6.45, 7) is 2.24. The Kier molecular flexibility index (Phi) is 5.24. The number of hydrogen-bond acceptors (Lipinski definition) is 3. The molecule has 134 valence electrons. The second-order valence-electron chi connectivity index (χ2n) is 5.80. The number of likely N-dealkylation sites (N-methyl/N-ethyl adjacent to an activating group) is 1. The molecule has 1 aliphatic rings. The molecule has 1 aliphatic heterocycles. The Balaban J connectivity index is 2.26. The number of Topliss-reactive ketones (excluding diaryl/α,β-unsaturated/α-hetero) is 1. The molecule has 0 radical (unpaired) electrons. The summed E-state index contributed by atoms with van der Waals surface area (Å²) in [7, 11) is 1.89. The molecule has 0 spiro atoms. The van der Waals surface area contributed by atoms with Gasteiger partial charge in [-0.05, 0) is 25.2 Å². The fraction of sp³-hybridized carbons (Fsp3) is 0.533. The van der Waals surface area contributed by atoms with Crippen molar-refractivity contribution in [3.8, 4) is 0 Å². The third kappa shape index (κ3) is 4.70. The first-order valence-electron chi connectivity index (χ1n) is 7.20. The van der Waals surface area contributed by atoms with Crippen LogP contribution in [0.2, 0.25) is 0 Å². The van der Waals surface area contributed by atoms with E-state index in [0.29, 0.717) is 38.3 Å². The molecule has 2 rings (SSSR count). The maximum absolute atomic E-state index is 12.8. The van der Waals surface area contributed by atoms with E-state index in [0.717, 1.165) is 0 Å². The molecule has 0 bridgehead atoms. The molecule has 0 amide bonds. The number of nitrogens with zero attached hydrogens (tertiary/aromatic N) is 2. The lowest BCUT2D eigenvalue weighted by Crippen LogP contribution is -2.46. The highest BCUT2D eigenvalue weighted by molar-refractivity contribution is 5.98. The Morgan fingerprint density at radius 3 is 1.79 bits per heavy atom. The minimum absolute atomic E-state index is 0.0205. The van der Waals surface area contributed by atoms with Crippen molar-refractivity contribution in [3.63, 3.8) is 0 Å². The molecule has 24 heavy (non-hydrogen) atoms. The van der Waals surface area contributed by atoms with E-state index in [1.807, 2.05) is 11.9 Å². The van der Waals surface area contributed by atoms with Gasteiger partial charge in [0.25, 0.3) is 0 Å². The van der Waals surface area contributed by atoms with Crippen LogP contribution in [0.4, 0.5) is 26.3 Å². The number of ketones is 1. The first kappa shape index (κ1) is 18.7. The van der Waals surface area contributed by atoms with Gasteiger partial charge in [0.15, 0.2) is 5.78 Å². The second-order valence-corrected chi connectivity index (χ2v) is 5.80. The van der Waals surface area contributed by atoms with Gasteiger partial charge in [-0.15, -0.1) is 0 Å². The number of benzene rings is 1. The summed E-state index contributed by atoms with van der Waals surface area (Å²) in [5.74, 6) is -0.754. The maximum Gasteiger partial charge on any atom is 0.416 e. The molecule has 1 heterocycles. The van der Waals surface area contributed by atoms with Crippen molar-refractivity contribution in [3.05, 3.63) is 34.9 Å². The van der Waals surface area contributed by atoms with Crippen molar-refractivity contribution < 1.29 is 31.1 Å². The van der Waals surface area contributed by atoms with Crippen molar-refractivity contribution in [1.82, 2.24) is 9.80 Å². The summed E-state index contributed by atoms with van der Waals surface area (Å²) in [4.78, 5) is 15.9. The maximum atomic E-state index is 12.8.